The molecule has 0 bridgehead atoms. The van der Waals surface area contributed by atoms with Gasteiger partial charge < -0.3 is 5.32 Å². The first-order chi connectivity index (χ1) is 8.16. The summed E-state index contributed by atoms with van der Waals surface area (Å²) in [5, 5.41) is 3.75. The largest absolute Gasteiger partial charge is 0.310 e. The van der Waals surface area contributed by atoms with Crippen LogP contribution < -0.4 is 5.32 Å². The normalized spacial score (nSPS) is 19.6. The van der Waals surface area contributed by atoms with Gasteiger partial charge in [0.1, 0.15) is 0 Å². The molecule has 0 radical (unpaired) electrons. The lowest BCUT2D eigenvalue weighted by Crippen LogP contribution is -2.25. The molecule has 0 amide bonds. The van der Waals surface area contributed by atoms with E-state index in [-0.39, 0.29) is 0 Å². The molecule has 0 saturated carbocycles. The molecule has 1 aliphatic carbocycles. The Morgan fingerprint density at radius 2 is 2.35 bits per heavy atom. The average Bonchev–Trinajstić information content (AvgIpc) is 2.65. The Morgan fingerprint density at radius 1 is 1.53 bits per heavy atom. The van der Waals surface area contributed by atoms with Gasteiger partial charge in [-0.25, -0.2) is 0 Å². The molecule has 1 heterocycles. The molecule has 1 aromatic rings. The monoisotopic (exact) mass is 363 g/mol. The lowest BCUT2D eigenvalue weighted by atomic mass is 9.94. The van der Waals surface area contributed by atoms with Crippen LogP contribution in [-0.2, 0) is 6.42 Å². The van der Waals surface area contributed by atoms with Crippen molar-refractivity contribution in [2.75, 3.05) is 6.54 Å². The molecule has 1 unspecified atom stereocenters. The molecule has 0 saturated heterocycles. The van der Waals surface area contributed by atoms with Crippen LogP contribution in [0.3, 0.4) is 0 Å². The molecule has 1 atom stereocenters. The zero-order valence-electron chi connectivity index (χ0n) is 10.8. The highest BCUT2D eigenvalue weighted by Crippen LogP contribution is 2.36. The molecule has 0 aromatic carbocycles. The van der Waals surface area contributed by atoms with Crippen LogP contribution in [0.4, 0.5) is 0 Å². The minimum atomic E-state index is 0.630. The van der Waals surface area contributed by atoms with E-state index in [9.17, 15) is 0 Å². The first-order valence-corrected chi connectivity index (χ1v) is 8.58. The molecular weight excluding hydrogens is 341 g/mol. The van der Waals surface area contributed by atoms with Gasteiger partial charge in [0.15, 0.2) is 0 Å². The van der Waals surface area contributed by atoms with Gasteiger partial charge in [0.05, 0.1) is 2.88 Å². The standard InChI is InChI=1S/C14H22INS/c1-10(2)5-4-8-16-12-6-3-7-13-11(12)9-14(15)17-13/h9-10,12,16H,3-8H2,1-2H3. The third-order valence-electron chi connectivity index (χ3n) is 3.43. The SMILES string of the molecule is CC(C)CCCNC1CCCc2sc(I)cc21. The second-order valence-corrected chi connectivity index (χ2v) is 8.39. The Balaban J connectivity index is 1.86. The molecule has 1 N–H and O–H groups in total. The maximum absolute atomic E-state index is 3.75. The second kappa shape index (κ2) is 6.53. The average molecular weight is 363 g/mol. The fourth-order valence-corrected chi connectivity index (χ4v) is 4.64. The zero-order valence-corrected chi connectivity index (χ0v) is 13.7. The van der Waals surface area contributed by atoms with Gasteiger partial charge in [-0.15, -0.1) is 11.3 Å². The van der Waals surface area contributed by atoms with Crippen LogP contribution in [0.5, 0.6) is 0 Å². The predicted octanol–water partition coefficient (Wildman–Crippen LogP) is 4.76. The van der Waals surface area contributed by atoms with Crippen molar-refractivity contribution in [3.05, 3.63) is 19.4 Å². The van der Waals surface area contributed by atoms with E-state index in [0.717, 1.165) is 5.92 Å². The Bertz CT molecular complexity index is 359. The maximum Gasteiger partial charge on any atom is 0.0659 e. The van der Waals surface area contributed by atoms with Crippen LogP contribution in [0.2, 0.25) is 0 Å². The van der Waals surface area contributed by atoms with E-state index in [1.807, 2.05) is 11.3 Å². The quantitative estimate of drug-likeness (QED) is 0.588. The fraction of sp³-hybridized carbons (Fsp3) is 0.714. The fourth-order valence-electron chi connectivity index (χ4n) is 2.52. The molecule has 0 fully saturated rings. The Kier molecular flexibility index (Phi) is 5.30. The summed E-state index contributed by atoms with van der Waals surface area (Å²) in [6.07, 6.45) is 6.62. The number of thiophene rings is 1. The van der Waals surface area contributed by atoms with Gasteiger partial charge in [0.2, 0.25) is 0 Å². The van der Waals surface area contributed by atoms with Gasteiger partial charge in [-0.3, -0.25) is 0 Å². The van der Waals surface area contributed by atoms with Crippen LogP contribution >= 0.6 is 33.9 Å². The highest BCUT2D eigenvalue weighted by molar-refractivity contribution is 14.1. The first-order valence-electron chi connectivity index (χ1n) is 6.68. The number of rotatable bonds is 5. The molecule has 1 nitrogen and oxygen atoms in total. The number of hydrogen-bond acceptors (Lipinski definition) is 2. The first kappa shape index (κ1) is 13.8. The third-order valence-corrected chi connectivity index (χ3v) is 5.40. The summed E-state index contributed by atoms with van der Waals surface area (Å²) in [6, 6.07) is 3.02. The van der Waals surface area contributed by atoms with Crippen LogP contribution in [0.25, 0.3) is 0 Å². The van der Waals surface area contributed by atoms with Crippen LogP contribution in [0.15, 0.2) is 6.07 Å². The van der Waals surface area contributed by atoms with E-state index >= 15 is 0 Å². The van der Waals surface area contributed by atoms with Gasteiger partial charge in [-0.05, 0) is 78.8 Å². The van der Waals surface area contributed by atoms with Crippen molar-refractivity contribution in [2.24, 2.45) is 5.92 Å². The van der Waals surface area contributed by atoms with E-state index < -0.39 is 0 Å². The van der Waals surface area contributed by atoms with E-state index in [4.69, 9.17) is 0 Å². The molecule has 1 aromatic heterocycles. The summed E-state index contributed by atoms with van der Waals surface area (Å²) in [5.41, 5.74) is 1.59. The molecule has 2 rings (SSSR count). The Hall–Kier alpha value is 0.390. The van der Waals surface area contributed by atoms with Crippen molar-refractivity contribution in [1.82, 2.24) is 5.32 Å². The summed E-state index contributed by atoms with van der Waals surface area (Å²) in [7, 11) is 0. The number of fused-ring (bicyclic) bond motifs is 1. The molecule has 96 valence electrons. The third kappa shape index (κ3) is 3.93. The predicted molar refractivity (Wildman–Crippen MR) is 84.8 cm³/mol. The number of aryl methyl sites for hydroxylation is 1. The summed E-state index contributed by atoms with van der Waals surface area (Å²) in [6.45, 7) is 5.79. The lowest BCUT2D eigenvalue weighted by Gasteiger charge is -2.23. The number of halogens is 1. The van der Waals surface area contributed by atoms with E-state index in [1.165, 1.54) is 41.5 Å². The van der Waals surface area contributed by atoms with Gasteiger partial charge >= 0.3 is 0 Å². The van der Waals surface area contributed by atoms with Gasteiger partial charge in [-0.1, -0.05) is 13.8 Å². The molecule has 17 heavy (non-hydrogen) atoms. The smallest absolute Gasteiger partial charge is 0.0659 e. The van der Waals surface area contributed by atoms with Gasteiger partial charge in [0, 0.05) is 10.9 Å². The van der Waals surface area contributed by atoms with Crippen molar-refractivity contribution >= 4 is 33.9 Å². The summed E-state index contributed by atoms with van der Waals surface area (Å²) < 4.78 is 1.45. The molecule has 3 heteroatoms. The lowest BCUT2D eigenvalue weighted by molar-refractivity contribution is 0.441. The second-order valence-electron chi connectivity index (χ2n) is 5.36. The Labute approximate surface area is 123 Å². The van der Waals surface area contributed by atoms with Gasteiger partial charge in [-0.2, -0.15) is 0 Å². The molecule has 0 spiro atoms. The molecule has 1 aliphatic rings. The summed E-state index contributed by atoms with van der Waals surface area (Å²) in [5.74, 6) is 0.834. The van der Waals surface area contributed by atoms with Crippen molar-refractivity contribution < 1.29 is 0 Å². The summed E-state index contributed by atoms with van der Waals surface area (Å²) >= 11 is 4.44. The maximum atomic E-state index is 3.75. The topological polar surface area (TPSA) is 12.0 Å². The van der Waals surface area contributed by atoms with E-state index in [0.29, 0.717) is 6.04 Å². The minimum absolute atomic E-state index is 0.630. The van der Waals surface area contributed by atoms with Crippen molar-refractivity contribution in [3.63, 3.8) is 0 Å². The van der Waals surface area contributed by atoms with Crippen molar-refractivity contribution in [2.45, 2.75) is 52.0 Å². The highest BCUT2D eigenvalue weighted by atomic mass is 127. The number of nitrogens with one attached hydrogen (secondary N) is 1. The van der Waals surface area contributed by atoms with E-state index in [1.54, 1.807) is 10.4 Å². The van der Waals surface area contributed by atoms with Crippen LogP contribution in [-0.4, -0.2) is 6.54 Å². The van der Waals surface area contributed by atoms with Crippen LogP contribution in [0.1, 0.15) is 56.0 Å². The van der Waals surface area contributed by atoms with E-state index in [2.05, 4.69) is 47.8 Å². The molecule has 0 aliphatic heterocycles. The van der Waals surface area contributed by atoms with Crippen molar-refractivity contribution in [1.29, 1.82) is 0 Å². The van der Waals surface area contributed by atoms with Crippen LogP contribution in [0, 0.1) is 8.80 Å². The number of hydrogen-bond donors (Lipinski definition) is 1. The summed E-state index contributed by atoms with van der Waals surface area (Å²) in [4.78, 5) is 1.63. The molecular formula is C14H22INS. The van der Waals surface area contributed by atoms with Gasteiger partial charge in [0.25, 0.3) is 0 Å². The Morgan fingerprint density at radius 3 is 3.12 bits per heavy atom. The van der Waals surface area contributed by atoms with Crippen molar-refractivity contribution in [3.8, 4) is 0 Å². The highest BCUT2D eigenvalue weighted by Gasteiger charge is 2.21. The minimum Gasteiger partial charge on any atom is -0.310 e. The zero-order chi connectivity index (χ0) is 12.3.